The van der Waals surface area contributed by atoms with Crippen LogP contribution in [0.15, 0.2) is 42.6 Å². The van der Waals surface area contributed by atoms with E-state index in [2.05, 4.69) is 29.7 Å². The first-order chi connectivity index (χ1) is 10.2. The van der Waals surface area contributed by atoms with Gasteiger partial charge >= 0.3 is 0 Å². The third-order valence-electron chi connectivity index (χ3n) is 3.63. The summed E-state index contributed by atoms with van der Waals surface area (Å²) in [6, 6.07) is 12.2. The van der Waals surface area contributed by atoms with Crippen molar-refractivity contribution in [3.63, 3.8) is 0 Å². The number of aryl methyl sites for hydroxylation is 1. The Morgan fingerprint density at radius 2 is 1.95 bits per heavy atom. The van der Waals surface area contributed by atoms with E-state index in [-0.39, 0.29) is 0 Å². The van der Waals surface area contributed by atoms with Crippen LogP contribution in [-0.4, -0.2) is 23.0 Å². The molecule has 108 valence electrons. The van der Waals surface area contributed by atoms with Crippen molar-refractivity contribution in [2.75, 3.05) is 13.7 Å². The number of fused-ring (bicyclic) bond motifs is 1. The molecule has 1 aromatic carbocycles. The van der Waals surface area contributed by atoms with E-state index in [4.69, 9.17) is 15.5 Å². The first-order valence-corrected chi connectivity index (χ1v) is 7.05. The number of methoxy groups -OCH3 is 1. The van der Waals surface area contributed by atoms with Crippen molar-refractivity contribution in [3.05, 3.63) is 53.9 Å². The molecule has 0 radical (unpaired) electrons. The van der Waals surface area contributed by atoms with Gasteiger partial charge in [-0.05, 0) is 55.4 Å². The van der Waals surface area contributed by atoms with Gasteiger partial charge in [-0.15, -0.1) is 0 Å². The number of rotatable bonds is 4. The lowest BCUT2D eigenvalue weighted by molar-refractivity contribution is 0.415. The van der Waals surface area contributed by atoms with E-state index in [0.29, 0.717) is 6.54 Å². The van der Waals surface area contributed by atoms with Gasteiger partial charge in [-0.3, -0.25) is 0 Å². The van der Waals surface area contributed by atoms with E-state index in [9.17, 15) is 0 Å². The summed E-state index contributed by atoms with van der Waals surface area (Å²) in [5.41, 5.74) is 11.2. The van der Waals surface area contributed by atoms with Gasteiger partial charge in [-0.2, -0.15) is 0 Å². The van der Waals surface area contributed by atoms with E-state index >= 15 is 0 Å². The average molecular weight is 281 g/mol. The van der Waals surface area contributed by atoms with Crippen LogP contribution in [0, 0.1) is 6.92 Å². The number of aromatic nitrogens is 2. The summed E-state index contributed by atoms with van der Waals surface area (Å²) in [6.07, 6.45) is 2.86. The standard InChI is InChI=1S/C17H19N3O/c1-12-8-10-20-15(7-9-18)17(19-16(20)11-12)13-3-5-14(21-2)6-4-13/h3-6,8,10-11H,7,9,18H2,1-2H3. The largest absolute Gasteiger partial charge is 0.497 e. The summed E-state index contributed by atoms with van der Waals surface area (Å²) >= 11 is 0. The molecule has 4 nitrogen and oxygen atoms in total. The van der Waals surface area contributed by atoms with Crippen LogP contribution >= 0.6 is 0 Å². The number of hydrogen-bond acceptors (Lipinski definition) is 3. The number of imidazole rings is 1. The molecule has 0 aliphatic rings. The van der Waals surface area contributed by atoms with Gasteiger partial charge in [0, 0.05) is 18.2 Å². The monoisotopic (exact) mass is 281 g/mol. The fourth-order valence-corrected chi connectivity index (χ4v) is 2.55. The van der Waals surface area contributed by atoms with Crippen LogP contribution in [0.1, 0.15) is 11.3 Å². The third-order valence-corrected chi connectivity index (χ3v) is 3.63. The quantitative estimate of drug-likeness (QED) is 0.800. The van der Waals surface area contributed by atoms with Crippen molar-refractivity contribution >= 4 is 5.65 Å². The van der Waals surface area contributed by atoms with Crippen LogP contribution in [0.25, 0.3) is 16.9 Å². The molecule has 21 heavy (non-hydrogen) atoms. The Bertz CT molecular complexity index is 760. The molecule has 0 spiro atoms. The minimum Gasteiger partial charge on any atom is -0.497 e. The zero-order chi connectivity index (χ0) is 14.8. The molecule has 0 aliphatic carbocycles. The Morgan fingerprint density at radius 3 is 2.62 bits per heavy atom. The summed E-state index contributed by atoms with van der Waals surface area (Å²) in [5.74, 6) is 0.846. The van der Waals surface area contributed by atoms with E-state index in [1.54, 1.807) is 7.11 Å². The van der Waals surface area contributed by atoms with Crippen LogP contribution in [-0.2, 0) is 6.42 Å². The highest BCUT2D eigenvalue weighted by Gasteiger charge is 2.13. The second-order valence-corrected chi connectivity index (χ2v) is 5.11. The molecule has 0 unspecified atom stereocenters. The zero-order valence-corrected chi connectivity index (χ0v) is 12.3. The fraction of sp³-hybridized carbons (Fsp3) is 0.235. The molecular weight excluding hydrogens is 262 g/mol. The SMILES string of the molecule is COc1ccc(-c2nc3cc(C)ccn3c2CCN)cc1. The molecule has 0 saturated carbocycles. The lowest BCUT2D eigenvalue weighted by Crippen LogP contribution is -2.06. The number of benzene rings is 1. The van der Waals surface area contributed by atoms with E-state index in [1.807, 2.05) is 24.3 Å². The topological polar surface area (TPSA) is 52.5 Å². The molecule has 0 saturated heterocycles. The van der Waals surface area contributed by atoms with Gasteiger partial charge in [-0.1, -0.05) is 0 Å². The Kier molecular flexibility index (Phi) is 3.62. The maximum Gasteiger partial charge on any atom is 0.137 e. The van der Waals surface area contributed by atoms with Crippen molar-refractivity contribution in [1.29, 1.82) is 0 Å². The van der Waals surface area contributed by atoms with Gasteiger partial charge in [0.2, 0.25) is 0 Å². The molecule has 2 N–H and O–H groups in total. The highest BCUT2D eigenvalue weighted by Crippen LogP contribution is 2.26. The van der Waals surface area contributed by atoms with Gasteiger partial charge in [0.15, 0.2) is 0 Å². The molecule has 0 amide bonds. The van der Waals surface area contributed by atoms with Crippen LogP contribution in [0.5, 0.6) is 5.75 Å². The first kappa shape index (κ1) is 13.6. The number of hydrogen-bond donors (Lipinski definition) is 1. The number of pyridine rings is 1. The predicted molar refractivity (Wildman–Crippen MR) is 84.7 cm³/mol. The van der Waals surface area contributed by atoms with Gasteiger partial charge < -0.3 is 14.9 Å². The predicted octanol–water partition coefficient (Wildman–Crippen LogP) is 2.82. The molecule has 3 rings (SSSR count). The molecule has 0 aliphatic heterocycles. The highest BCUT2D eigenvalue weighted by atomic mass is 16.5. The maximum absolute atomic E-state index is 5.77. The average Bonchev–Trinajstić information content (AvgIpc) is 2.85. The van der Waals surface area contributed by atoms with Gasteiger partial charge in [-0.25, -0.2) is 4.98 Å². The number of nitrogens with two attached hydrogens (primary N) is 1. The lowest BCUT2D eigenvalue weighted by atomic mass is 10.1. The molecule has 2 aromatic heterocycles. The van der Waals surface area contributed by atoms with Crippen molar-refractivity contribution < 1.29 is 4.74 Å². The van der Waals surface area contributed by atoms with Crippen molar-refractivity contribution in [1.82, 2.24) is 9.38 Å². The summed E-state index contributed by atoms with van der Waals surface area (Å²) in [5, 5.41) is 0. The zero-order valence-electron chi connectivity index (χ0n) is 12.3. The highest BCUT2D eigenvalue weighted by molar-refractivity contribution is 5.67. The van der Waals surface area contributed by atoms with Crippen LogP contribution in [0.2, 0.25) is 0 Å². The van der Waals surface area contributed by atoms with Crippen molar-refractivity contribution in [2.45, 2.75) is 13.3 Å². The molecule has 0 fully saturated rings. The summed E-state index contributed by atoms with van der Waals surface area (Å²) < 4.78 is 7.34. The Hall–Kier alpha value is -2.33. The maximum atomic E-state index is 5.77. The molecular formula is C17H19N3O. The Balaban J connectivity index is 2.17. The smallest absolute Gasteiger partial charge is 0.137 e. The Labute approximate surface area is 124 Å². The lowest BCUT2D eigenvalue weighted by Gasteiger charge is -2.05. The van der Waals surface area contributed by atoms with Crippen LogP contribution < -0.4 is 10.5 Å². The Morgan fingerprint density at radius 1 is 1.19 bits per heavy atom. The van der Waals surface area contributed by atoms with Gasteiger partial charge in [0.25, 0.3) is 0 Å². The molecule has 0 atom stereocenters. The second kappa shape index (κ2) is 5.58. The minimum atomic E-state index is 0.602. The first-order valence-electron chi connectivity index (χ1n) is 7.05. The molecule has 0 bridgehead atoms. The van der Waals surface area contributed by atoms with Gasteiger partial charge in [0.05, 0.1) is 18.5 Å². The molecule has 2 heterocycles. The minimum absolute atomic E-state index is 0.602. The van der Waals surface area contributed by atoms with Crippen molar-refractivity contribution in [2.24, 2.45) is 5.73 Å². The normalized spacial score (nSPS) is 11.0. The number of ether oxygens (including phenoxy) is 1. The summed E-state index contributed by atoms with van der Waals surface area (Å²) in [7, 11) is 1.67. The second-order valence-electron chi connectivity index (χ2n) is 5.11. The molecule has 4 heteroatoms. The number of nitrogens with zero attached hydrogens (tertiary/aromatic N) is 2. The van der Waals surface area contributed by atoms with Gasteiger partial charge in [0.1, 0.15) is 11.4 Å². The van der Waals surface area contributed by atoms with E-state index < -0.39 is 0 Å². The molecule has 3 aromatic rings. The third kappa shape index (κ3) is 2.50. The summed E-state index contributed by atoms with van der Waals surface area (Å²) in [6.45, 7) is 2.68. The van der Waals surface area contributed by atoms with Crippen molar-refractivity contribution in [3.8, 4) is 17.0 Å². The summed E-state index contributed by atoms with van der Waals surface area (Å²) in [4.78, 5) is 4.78. The van der Waals surface area contributed by atoms with Crippen LogP contribution in [0.3, 0.4) is 0 Å². The van der Waals surface area contributed by atoms with E-state index in [1.165, 1.54) is 5.56 Å². The van der Waals surface area contributed by atoms with E-state index in [0.717, 1.165) is 34.8 Å². The fourth-order valence-electron chi connectivity index (χ4n) is 2.55. The van der Waals surface area contributed by atoms with Crippen LogP contribution in [0.4, 0.5) is 0 Å².